The lowest BCUT2D eigenvalue weighted by Gasteiger charge is -2.12. The van der Waals surface area contributed by atoms with Gasteiger partial charge in [-0.2, -0.15) is 0 Å². The molecule has 1 fully saturated rings. The third-order valence-electron chi connectivity index (χ3n) is 3.83. The molecule has 0 amide bonds. The molecule has 0 saturated heterocycles. The Bertz CT molecular complexity index is 517. The van der Waals surface area contributed by atoms with Gasteiger partial charge < -0.3 is 0 Å². The summed E-state index contributed by atoms with van der Waals surface area (Å²) >= 11 is 0. The van der Waals surface area contributed by atoms with Crippen molar-refractivity contribution in [2.75, 3.05) is 6.54 Å². The molecule has 4 heteroatoms. The summed E-state index contributed by atoms with van der Waals surface area (Å²) in [4.78, 5) is 0.378. The lowest BCUT2D eigenvalue weighted by atomic mass is 10.1. The van der Waals surface area contributed by atoms with Crippen LogP contribution in [0.4, 0.5) is 0 Å². The topological polar surface area (TPSA) is 46.2 Å². The van der Waals surface area contributed by atoms with Crippen LogP contribution in [-0.2, 0) is 10.0 Å². The lowest BCUT2D eigenvalue weighted by Crippen LogP contribution is -2.28. The van der Waals surface area contributed by atoms with Crippen LogP contribution in [-0.4, -0.2) is 15.0 Å². The summed E-state index contributed by atoms with van der Waals surface area (Å²) in [5, 5.41) is 0. The van der Waals surface area contributed by atoms with Crippen molar-refractivity contribution in [2.45, 2.75) is 44.4 Å². The van der Waals surface area contributed by atoms with Gasteiger partial charge in [0.1, 0.15) is 0 Å². The number of benzene rings is 1. The highest BCUT2D eigenvalue weighted by Gasteiger charge is 2.19. The first kappa shape index (κ1) is 13.6. The molecule has 1 saturated carbocycles. The maximum absolute atomic E-state index is 12.1. The molecule has 0 spiro atoms. The molecule has 18 heavy (non-hydrogen) atoms. The number of aryl methyl sites for hydroxylation is 2. The number of hydrogen-bond donors (Lipinski definition) is 1. The summed E-state index contributed by atoms with van der Waals surface area (Å²) in [6.45, 7) is 4.50. The van der Waals surface area contributed by atoms with E-state index in [4.69, 9.17) is 0 Å². The van der Waals surface area contributed by atoms with Crippen LogP contribution in [0.5, 0.6) is 0 Å². The normalized spacial score (nSPS) is 17.2. The van der Waals surface area contributed by atoms with E-state index < -0.39 is 10.0 Å². The van der Waals surface area contributed by atoms with Crippen molar-refractivity contribution in [1.82, 2.24) is 4.72 Å². The molecule has 0 atom stereocenters. The van der Waals surface area contributed by atoms with Crippen molar-refractivity contribution >= 4 is 10.0 Å². The summed E-state index contributed by atoms with van der Waals surface area (Å²) in [5.41, 5.74) is 2.13. The Labute approximate surface area is 110 Å². The van der Waals surface area contributed by atoms with Gasteiger partial charge in [0.25, 0.3) is 0 Å². The Morgan fingerprint density at radius 3 is 2.44 bits per heavy atom. The second-order valence-corrected chi connectivity index (χ2v) is 7.02. The van der Waals surface area contributed by atoms with Gasteiger partial charge in [-0.05, 0) is 55.9 Å². The molecule has 0 heterocycles. The van der Waals surface area contributed by atoms with Crippen LogP contribution < -0.4 is 4.72 Å². The third-order valence-corrected chi connectivity index (χ3v) is 5.25. The van der Waals surface area contributed by atoms with E-state index in [1.165, 1.54) is 12.8 Å². The summed E-state index contributed by atoms with van der Waals surface area (Å²) < 4.78 is 27.0. The molecule has 0 unspecified atom stereocenters. The highest BCUT2D eigenvalue weighted by Crippen LogP contribution is 2.24. The minimum Gasteiger partial charge on any atom is -0.211 e. The van der Waals surface area contributed by atoms with Gasteiger partial charge in [-0.25, -0.2) is 13.1 Å². The van der Waals surface area contributed by atoms with Crippen molar-refractivity contribution in [3.63, 3.8) is 0 Å². The van der Waals surface area contributed by atoms with Gasteiger partial charge >= 0.3 is 0 Å². The first-order valence-electron chi connectivity index (χ1n) is 6.56. The highest BCUT2D eigenvalue weighted by atomic mass is 32.2. The number of nitrogens with one attached hydrogen (secondary N) is 1. The Kier molecular flexibility index (Phi) is 4.07. The summed E-state index contributed by atoms with van der Waals surface area (Å²) in [7, 11) is -3.34. The second-order valence-electron chi connectivity index (χ2n) is 5.25. The van der Waals surface area contributed by atoms with E-state index in [1.54, 1.807) is 12.1 Å². The molecule has 2 rings (SSSR count). The second kappa shape index (κ2) is 5.41. The van der Waals surface area contributed by atoms with Crippen molar-refractivity contribution in [3.8, 4) is 0 Å². The Hall–Kier alpha value is -0.870. The zero-order chi connectivity index (χ0) is 13.2. The molecule has 0 bridgehead atoms. The van der Waals surface area contributed by atoms with Crippen LogP contribution >= 0.6 is 0 Å². The van der Waals surface area contributed by atoms with Crippen molar-refractivity contribution in [1.29, 1.82) is 0 Å². The summed E-state index contributed by atoms with van der Waals surface area (Å²) in [6.07, 6.45) is 4.76. The van der Waals surface area contributed by atoms with Crippen LogP contribution in [0.15, 0.2) is 23.1 Å². The predicted octanol–water partition coefficient (Wildman–Crippen LogP) is 2.77. The predicted molar refractivity (Wildman–Crippen MR) is 73.1 cm³/mol. The molecule has 0 aliphatic heterocycles. The van der Waals surface area contributed by atoms with E-state index in [2.05, 4.69) is 4.72 Å². The highest BCUT2D eigenvalue weighted by molar-refractivity contribution is 7.89. The van der Waals surface area contributed by atoms with Gasteiger partial charge in [-0.15, -0.1) is 0 Å². The van der Waals surface area contributed by atoms with E-state index in [9.17, 15) is 8.42 Å². The number of hydrogen-bond acceptors (Lipinski definition) is 2. The molecule has 1 N–H and O–H groups in total. The van der Waals surface area contributed by atoms with Gasteiger partial charge in [0.05, 0.1) is 4.90 Å². The smallest absolute Gasteiger partial charge is 0.211 e. The van der Waals surface area contributed by atoms with Crippen LogP contribution in [0.25, 0.3) is 0 Å². The standard InChI is InChI=1S/C14H21NO2S/c1-11-7-8-14(9-12(11)2)18(16,17)15-10-13-5-3-4-6-13/h7-9,13,15H,3-6,10H2,1-2H3. The molecule has 1 aliphatic rings. The Balaban J connectivity index is 2.07. The van der Waals surface area contributed by atoms with Crippen LogP contribution in [0.3, 0.4) is 0 Å². The van der Waals surface area contributed by atoms with Gasteiger partial charge in [0, 0.05) is 6.54 Å². The molecule has 1 aromatic rings. The monoisotopic (exact) mass is 267 g/mol. The Morgan fingerprint density at radius 2 is 1.83 bits per heavy atom. The minimum atomic E-state index is -3.34. The first-order chi connectivity index (χ1) is 8.49. The fraction of sp³-hybridized carbons (Fsp3) is 0.571. The van der Waals surface area contributed by atoms with E-state index in [0.717, 1.165) is 24.0 Å². The molecule has 1 aliphatic carbocycles. The summed E-state index contributed by atoms with van der Waals surface area (Å²) in [6, 6.07) is 5.28. The average molecular weight is 267 g/mol. The minimum absolute atomic E-state index is 0.378. The molecule has 0 radical (unpaired) electrons. The number of sulfonamides is 1. The van der Waals surface area contributed by atoms with Gasteiger partial charge in [0.2, 0.25) is 10.0 Å². The molecule has 1 aromatic carbocycles. The molecule has 3 nitrogen and oxygen atoms in total. The Morgan fingerprint density at radius 1 is 1.17 bits per heavy atom. The zero-order valence-corrected chi connectivity index (χ0v) is 11.9. The fourth-order valence-electron chi connectivity index (χ4n) is 2.41. The van der Waals surface area contributed by atoms with Gasteiger partial charge in [-0.3, -0.25) is 0 Å². The third kappa shape index (κ3) is 3.12. The summed E-state index contributed by atoms with van der Waals surface area (Å²) in [5.74, 6) is 0.520. The maximum Gasteiger partial charge on any atom is 0.240 e. The van der Waals surface area contributed by atoms with Gasteiger partial charge in [-0.1, -0.05) is 18.9 Å². The average Bonchev–Trinajstić information content (AvgIpc) is 2.83. The van der Waals surface area contributed by atoms with Crippen LogP contribution in [0.1, 0.15) is 36.8 Å². The quantitative estimate of drug-likeness (QED) is 0.911. The van der Waals surface area contributed by atoms with E-state index in [1.807, 2.05) is 19.9 Å². The van der Waals surface area contributed by atoms with Crippen molar-refractivity contribution in [3.05, 3.63) is 29.3 Å². The van der Waals surface area contributed by atoms with Gasteiger partial charge in [0.15, 0.2) is 0 Å². The molecular formula is C14H21NO2S. The lowest BCUT2D eigenvalue weighted by molar-refractivity contribution is 0.519. The SMILES string of the molecule is Cc1ccc(S(=O)(=O)NCC2CCCC2)cc1C. The van der Waals surface area contributed by atoms with E-state index in [-0.39, 0.29) is 0 Å². The molecule has 0 aromatic heterocycles. The zero-order valence-electron chi connectivity index (χ0n) is 11.1. The molecule has 100 valence electrons. The van der Waals surface area contributed by atoms with E-state index in [0.29, 0.717) is 17.4 Å². The van der Waals surface area contributed by atoms with Crippen LogP contribution in [0.2, 0.25) is 0 Å². The van der Waals surface area contributed by atoms with Crippen molar-refractivity contribution < 1.29 is 8.42 Å². The largest absolute Gasteiger partial charge is 0.240 e. The molecular weight excluding hydrogens is 246 g/mol. The fourth-order valence-corrected chi connectivity index (χ4v) is 3.61. The number of rotatable bonds is 4. The van der Waals surface area contributed by atoms with E-state index >= 15 is 0 Å². The first-order valence-corrected chi connectivity index (χ1v) is 8.04. The maximum atomic E-state index is 12.1. The van der Waals surface area contributed by atoms with Crippen molar-refractivity contribution in [2.24, 2.45) is 5.92 Å². The van der Waals surface area contributed by atoms with Crippen LogP contribution in [0, 0.1) is 19.8 Å².